The van der Waals surface area contributed by atoms with E-state index in [2.05, 4.69) is 67.2 Å². The van der Waals surface area contributed by atoms with Gasteiger partial charge in [0.2, 0.25) is 0 Å². The van der Waals surface area contributed by atoms with Crippen LogP contribution in [0, 0.1) is 0 Å². The molecule has 1 aliphatic rings. The molecule has 1 atom stereocenters. The highest BCUT2D eigenvalue weighted by Crippen LogP contribution is 2.30. The van der Waals surface area contributed by atoms with E-state index >= 15 is 0 Å². The van der Waals surface area contributed by atoms with Crippen molar-refractivity contribution in [2.75, 3.05) is 26.2 Å². The van der Waals surface area contributed by atoms with Gasteiger partial charge in [-0.2, -0.15) is 0 Å². The van der Waals surface area contributed by atoms with Crippen LogP contribution in [-0.4, -0.2) is 31.1 Å². The summed E-state index contributed by atoms with van der Waals surface area (Å²) in [6.07, 6.45) is 1.16. The van der Waals surface area contributed by atoms with Gasteiger partial charge in [-0.25, -0.2) is 0 Å². The Labute approximate surface area is 120 Å². The molecular formula is C13H18Br2N2. The van der Waals surface area contributed by atoms with Gasteiger partial charge in [-0.3, -0.25) is 4.90 Å². The minimum atomic E-state index is 0.543. The van der Waals surface area contributed by atoms with Crippen molar-refractivity contribution in [2.45, 2.75) is 19.4 Å². The molecule has 2 rings (SSSR count). The standard InChI is InChI=1S/C13H18Br2N2/c1-2-13(17-7-5-16-6-8-17)10-3-4-11(14)12(15)9-10/h3-4,9,13,16H,2,5-8H2,1H3/t13-/m1/s1. The third-order valence-corrected chi connectivity index (χ3v) is 5.19. The van der Waals surface area contributed by atoms with Crippen molar-refractivity contribution in [3.8, 4) is 0 Å². The Kier molecular flexibility index (Phi) is 5.03. The number of nitrogens with zero attached hydrogens (tertiary/aromatic N) is 1. The molecule has 17 heavy (non-hydrogen) atoms. The SMILES string of the molecule is CC[C@H](c1ccc(Br)c(Br)c1)N1CCNCC1. The molecule has 0 aliphatic carbocycles. The van der Waals surface area contributed by atoms with E-state index in [0.29, 0.717) is 6.04 Å². The van der Waals surface area contributed by atoms with Gasteiger partial charge in [-0.05, 0) is 56.0 Å². The first kappa shape index (κ1) is 13.5. The van der Waals surface area contributed by atoms with Crippen molar-refractivity contribution in [2.24, 2.45) is 0 Å². The average molecular weight is 362 g/mol. The van der Waals surface area contributed by atoms with E-state index in [1.165, 1.54) is 5.56 Å². The second-order valence-corrected chi connectivity index (χ2v) is 6.09. The number of piperazine rings is 1. The molecule has 1 aromatic rings. The molecule has 0 saturated carbocycles. The van der Waals surface area contributed by atoms with E-state index in [1.54, 1.807) is 0 Å². The maximum absolute atomic E-state index is 3.59. The first-order valence-electron chi connectivity index (χ1n) is 6.12. The third kappa shape index (κ3) is 3.31. The van der Waals surface area contributed by atoms with Crippen LogP contribution in [0.2, 0.25) is 0 Å². The van der Waals surface area contributed by atoms with Gasteiger partial charge in [0.1, 0.15) is 0 Å². The van der Waals surface area contributed by atoms with Crippen molar-refractivity contribution < 1.29 is 0 Å². The predicted octanol–water partition coefficient (Wildman–Crippen LogP) is 3.57. The molecule has 0 radical (unpaired) electrons. The zero-order valence-electron chi connectivity index (χ0n) is 10.0. The Balaban J connectivity index is 2.18. The molecule has 1 saturated heterocycles. The number of rotatable bonds is 3. The maximum Gasteiger partial charge on any atom is 0.0346 e. The van der Waals surface area contributed by atoms with Gasteiger partial charge in [0, 0.05) is 41.2 Å². The summed E-state index contributed by atoms with van der Waals surface area (Å²) in [6, 6.07) is 7.14. The Morgan fingerprint density at radius 2 is 1.94 bits per heavy atom. The smallest absolute Gasteiger partial charge is 0.0346 e. The molecule has 0 spiro atoms. The van der Waals surface area contributed by atoms with Gasteiger partial charge in [0.25, 0.3) is 0 Å². The fraction of sp³-hybridized carbons (Fsp3) is 0.538. The molecule has 1 heterocycles. The Morgan fingerprint density at radius 3 is 2.53 bits per heavy atom. The van der Waals surface area contributed by atoms with Crippen molar-refractivity contribution in [1.29, 1.82) is 0 Å². The molecule has 0 unspecified atom stereocenters. The first-order chi connectivity index (χ1) is 8.22. The molecule has 0 aromatic heterocycles. The number of benzene rings is 1. The number of halogens is 2. The summed E-state index contributed by atoms with van der Waals surface area (Å²) in [5, 5.41) is 3.41. The minimum absolute atomic E-state index is 0.543. The third-order valence-electron chi connectivity index (χ3n) is 3.31. The topological polar surface area (TPSA) is 15.3 Å². The van der Waals surface area contributed by atoms with Crippen LogP contribution in [0.1, 0.15) is 24.9 Å². The summed E-state index contributed by atoms with van der Waals surface area (Å²) in [5.41, 5.74) is 1.41. The van der Waals surface area contributed by atoms with E-state index in [-0.39, 0.29) is 0 Å². The summed E-state index contributed by atoms with van der Waals surface area (Å²) in [4.78, 5) is 2.58. The normalized spacial score (nSPS) is 19.2. The van der Waals surface area contributed by atoms with Crippen molar-refractivity contribution in [3.05, 3.63) is 32.7 Å². The molecule has 2 nitrogen and oxygen atoms in total. The van der Waals surface area contributed by atoms with E-state index in [4.69, 9.17) is 0 Å². The van der Waals surface area contributed by atoms with Crippen LogP contribution in [0.4, 0.5) is 0 Å². The number of hydrogen-bond acceptors (Lipinski definition) is 2. The van der Waals surface area contributed by atoms with Crippen LogP contribution in [0.15, 0.2) is 27.1 Å². The van der Waals surface area contributed by atoms with Crippen molar-refractivity contribution in [1.82, 2.24) is 10.2 Å². The fourth-order valence-corrected chi connectivity index (χ4v) is 3.06. The zero-order valence-corrected chi connectivity index (χ0v) is 13.2. The molecule has 1 aromatic carbocycles. The van der Waals surface area contributed by atoms with Crippen LogP contribution in [0.5, 0.6) is 0 Å². The fourth-order valence-electron chi connectivity index (χ4n) is 2.42. The monoisotopic (exact) mass is 360 g/mol. The lowest BCUT2D eigenvalue weighted by Gasteiger charge is -2.34. The lowest BCUT2D eigenvalue weighted by Crippen LogP contribution is -2.45. The molecule has 4 heteroatoms. The molecule has 1 N–H and O–H groups in total. The minimum Gasteiger partial charge on any atom is -0.314 e. The van der Waals surface area contributed by atoms with E-state index < -0.39 is 0 Å². The van der Waals surface area contributed by atoms with E-state index in [1.807, 2.05) is 0 Å². The second-order valence-electron chi connectivity index (χ2n) is 4.38. The van der Waals surface area contributed by atoms with Crippen LogP contribution in [-0.2, 0) is 0 Å². The second kappa shape index (κ2) is 6.32. The maximum atomic E-state index is 3.59. The summed E-state index contributed by atoms with van der Waals surface area (Å²) >= 11 is 7.12. The van der Waals surface area contributed by atoms with E-state index in [0.717, 1.165) is 41.5 Å². The van der Waals surface area contributed by atoms with Crippen LogP contribution < -0.4 is 5.32 Å². The van der Waals surface area contributed by atoms with Crippen molar-refractivity contribution in [3.63, 3.8) is 0 Å². The van der Waals surface area contributed by atoms with Gasteiger partial charge >= 0.3 is 0 Å². The highest BCUT2D eigenvalue weighted by Gasteiger charge is 2.20. The summed E-state index contributed by atoms with van der Waals surface area (Å²) in [7, 11) is 0. The summed E-state index contributed by atoms with van der Waals surface area (Å²) in [6.45, 7) is 6.77. The lowest BCUT2D eigenvalue weighted by molar-refractivity contribution is 0.169. The zero-order chi connectivity index (χ0) is 12.3. The molecule has 1 aliphatic heterocycles. The molecule has 0 amide bonds. The van der Waals surface area contributed by atoms with Crippen LogP contribution in [0.3, 0.4) is 0 Å². The highest BCUT2D eigenvalue weighted by atomic mass is 79.9. The quantitative estimate of drug-likeness (QED) is 0.885. The summed E-state index contributed by atoms with van der Waals surface area (Å²) < 4.78 is 2.26. The van der Waals surface area contributed by atoms with Gasteiger partial charge < -0.3 is 5.32 Å². The Hall–Kier alpha value is 0.1000. The number of hydrogen-bond donors (Lipinski definition) is 1. The van der Waals surface area contributed by atoms with Gasteiger partial charge in [-0.1, -0.05) is 13.0 Å². The molecular weight excluding hydrogens is 344 g/mol. The van der Waals surface area contributed by atoms with Gasteiger partial charge in [0.15, 0.2) is 0 Å². The van der Waals surface area contributed by atoms with Gasteiger partial charge in [-0.15, -0.1) is 0 Å². The average Bonchev–Trinajstić information content (AvgIpc) is 2.36. The Morgan fingerprint density at radius 1 is 1.24 bits per heavy atom. The van der Waals surface area contributed by atoms with E-state index in [9.17, 15) is 0 Å². The largest absolute Gasteiger partial charge is 0.314 e. The first-order valence-corrected chi connectivity index (χ1v) is 7.70. The Bertz CT molecular complexity index is 376. The van der Waals surface area contributed by atoms with Crippen LogP contribution >= 0.6 is 31.9 Å². The molecule has 94 valence electrons. The van der Waals surface area contributed by atoms with Crippen molar-refractivity contribution >= 4 is 31.9 Å². The summed E-state index contributed by atoms with van der Waals surface area (Å²) in [5.74, 6) is 0. The predicted molar refractivity (Wildman–Crippen MR) is 79.3 cm³/mol. The molecule has 1 fully saturated rings. The lowest BCUT2D eigenvalue weighted by atomic mass is 10.0. The molecule has 0 bridgehead atoms. The highest BCUT2D eigenvalue weighted by molar-refractivity contribution is 9.13. The number of nitrogens with one attached hydrogen (secondary N) is 1. The van der Waals surface area contributed by atoms with Gasteiger partial charge in [0.05, 0.1) is 0 Å². The van der Waals surface area contributed by atoms with Crippen LogP contribution in [0.25, 0.3) is 0 Å².